The predicted octanol–water partition coefficient (Wildman–Crippen LogP) is 1.34. The molecule has 1 aromatic heterocycles. The van der Waals surface area contributed by atoms with Gasteiger partial charge in [-0.05, 0) is 29.7 Å². The third kappa shape index (κ3) is 4.28. The average molecular weight is 324 g/mol. The van der Waals surface area contributed by atoms with Gasteiger partial charge in [-0.25, -0.2) is 9.97 Å². The minimum atomic E-state index is -0.563. The van der Waals surface area contributed by atoms with Crippen LogP contribution in [-0.4, -0.2) is 45.8 Å². The fraction of sp³-hybridized carbons (Fsp3) is 0.389. The zero-order valence-corrected chi connectivity index (χ0v) is 13.4. The average Bonchev–Trinajstić information content (AvgIpc) is 2.61. The number of aliphatic hydroxyl groups is 1. The number of nitrogens with zero attached hydrogens (tertiary/aromatic N) is 4. The van der Waals surface area contributed by atoms with Crippen molar-refractivity contribution in [3.05, 3.63) is 53.6 Å². The maximum atomic E-state index is 10.2. The molecule has 0 saturated heterocycles. The van der Waals surface area contributed by atoms with Gasteiger partial charge in [-0.1, -0.05) is 12.1 Å². The summed E-state index contributed by atoms with van der Waals surface area (Å²) in [4.78, 5) is 10.5. The van der Waals surface area contributed by atoms with E-state index in [4.69, 9.17) is 10.00 Å². The highest BCUT2D eigenvalue weighted by Crippen LogP contribution is 2.16. The van der Waals surface area contributed by atoms with Crippen molar-refractivity contribution in [1.82, 2.24) is 14.9 Å². The van der Waals surface area contributed by atoms with Crippen LogP contribution in [0.15, 0.2) is 36.8 Å². The van der Waals surface area contributed by atoms with Gasteiger partial charge in [0.2, 0.25) is 0 Å². The maximum absolute atomic E-state index is 10.2. The molecule has 2 heterocycles. The number of hydrogen-bond acceptors (Lipinski definition) is 6. The second-order valence-electron chi connectivity index (χ2n) is 5.92. The molecule has 24 heavy (non-hydrogen) atoms. The quantitative estimate of drug-likeness (QED) is 0.863. The third-order valence-electron chi connectivity index (χ3n) is 4.07. The van der Waals surface area contributed by atoms with Gasteiger partial charge in [-0.2, -0.15) is 5.26 Å². The van der Waals surface area contributed by atoms with E-state index >= 15 is 0 Å². The van der Waals surface area contributed by atoms with Gasteiger partial charge in [0.1, 0.15) is 24.8 Å². The Labute approximate surface area is 141 Å². The highest BCUT2D eigenvalue weighted by Gasteiger charge is 2.19. The monoisotopic (exact) mass is 324 g/mol. The van der Waals surface area contributed by atoms with E-state index in [1.54, 1.807) is 6.33 Å². The number of benzene rings is 1. The Morgan fingerprint density at radius 3 is 2.96 bits per heavy atom. The molecular weight excluding hydrogens is 304 g/mol. The zero-order chi connectivity index (χ0) is 16.8. The molecular formula is C18H20N4O2. The standard InChI is InChI=1S/C18H20N4O2/c19-7-5-14-1-3-17(4-2-14)24-12-16(23)10-22-8-6-15-9-20-13-21-18(15)11-22/h1-4,9,13,16,23H,5-6,8,10-12H2/t16-/m1/s1. The van der Waals surface area contributed by atoms with E-state index in [9.17, 15) is 5.11 Å². The molecule has 3 rings (SSSR count). The van der Waals surface area contributed by atoms with Gasteiger partial charge in [0.25, 0.3) is 0 Å². The Kier molecular flexibility index (Phi) is 5.36. The van der Waals surface area contributed by atoms with Crippen molar-refractivity contribution in [2.75, 3.05) is 19.7 Å². The second kappa shape index (κ2) is 7.86. The molecule has 6 nitrogen and oxygen atoms in total. The molecule has 0 radical (unpaired) electrons. The van der Waals surface area contributed by atoms with Gasteiger partial charge in [-0.3, -0.25) is 4.90 Å². The highest BCUT2D eigenvalue weighted by molar-refractivity contribution is 5.28. The number of aromatic nitrogens is 2. The first-order chi connectivity index (χ1) is 11.7. The van der Waals surface area contributed by atoms with Crippen molar-refractivity contribution < 1.29 is 9.84 Å². The molecule has 1 aromatic carbocycles. The summed E-state index contributed by atoms with van der Waals surface area (Å²) in [6.07, 6.45) is 4.17. The SMILES string of the molecule is N#CCc1ccc(OC[C@H](O)CN2CCc3cncnc3C2)cc1. The lowest BCUT2D eigenvalue weighted by atomic mass is 10.1. The topological polar surface area (TPSA) is 82.3 Å². The Bertz CT molecular complexity index is 712. The van der Waals surface area contributed by atoms with Crippen LogP contribution in [0, 0.1) is 11.3 Å². The molecule has 1 aliphatic rings. The predicted molar refractivity (Wildman–Crippen MR) is 88.3 cm³/mol. The zero-order valence-electron chi connectivity index (χ0n) is 13.4. The molecule has 0 fully saturated rings. The summed E-state index contributed by atoms with van der Waals surface area (Å²) >= 11 is 0. The van der Waals surface area contributed by atoms with E-state index in [0.29, 0.717) is 18.7 Å². The summed E-state index contributed by atoms with van der Waals surface area (Å²) in [5.74, 6) is 0.701. The van der Waals surface area contributed by atoms with Gasteiger partial charge in [0, 0.05) is 25.8 Å². The molecule has 6 heteroatoms. The molecule has 2 aromatic rings. The lowest BCUT2D eigenvalue weighted by Gasteiger charge is -2.29. The molecule has 0 aliphatic carbocycles. The van der Waals surface area contributed by atoms with Crippen LogP contribution >= 0.6 is 0 Å². The molecule has 0 saturated carbocycles. The van der Waals surface area contributed by atoms with Gasteiger partial charge in [-0.15, -0.1) is 0 Å². The van der Waals surface area contributed by atoms with Crippen molar-refractivity contribution >= 4 is 0 Å². The number of ether oxygens (including phenoxy) is 1. The van der Waals surface area contributed by atoms with E-state index in [1.165, 1.54) is 5.56 Å². The van der Waals surface area contributed by atoms with Crippen molar-refractivity contribution in [1.29, 1.82) is 5.26 Å². The molecule has 1 atom stereocenters. The second-order valence-corrected chi connectivity index (χ2v) is 5.92. The first-order valence-electron chi connectivity index (χ1n) is 8.01. The van der Waals surface area contributed by atoms with Gasteiger partial charge in [0.05, 0.1) is 18.2 Å². The first kappa shape index (κ1) is 16.4. The van der Waals surface area contributed by atoms with Gasteiger partial charge < -0.3 is 9.84 Å². The van der Waals surface area contributed by atoms with Crippen molar-refractivity contribution in [3.8, 4) is 11.8 Å². The van der Waals surface area contributed by atoms with E-state index in [-0.39, 0.29) is 6.61 Å². The minimum Gasteiger partial charge on any atom is -0.491 e. The van der Waals surface area contributed by atoms with Crippen molar-refractivity contribution in [2.24, 2.45) is 0 Å². The molecule has 0 unspecified atom stereocenters. The fourth-order valence-electron chi connectivity index (χ4n) is 2.80. The summed E-state index contributed by atoms with van der Waals surface area (Å²) in [6.45, 7) is 2.42. The van der Waals surface area contributed by atoms with Gasteiger partial charge >= 0.3 is 0 Å². The van der Waals surface area contributed by atoms with Crippen LogP contribution in [0.5, 0.6) is 5.75 Å². The first-order valence-corrected chi connectivity index (χ1v) is 8.01. The van der Waals surface area contributed by atoms with E-state index < -0.39 is 6.10 Å². The number of rotatable bonds is 6. The van der Waals surface area contributed by atoms with E-state index in [1.807, 2.05) is 30.5 Å². The molecule has 0 bridgehead atoms. The largest absolute Gasteiger partial charge is 0.491 e. The smallest absolute Gasteiger partial charge is 0.119 e. The molecule has 0 spiro atoms. The highest BCUT2D eigenvalue weighted by atomic mass is 16.5. The molecule has 0 amide bonds. The third-order valence-corrected chi connectivity index (χ3v) is 4.07. The summed E-state index contributed by atoms with van der Waals surface area (Å²) in [5, 5.41) is 18.9. The Morgan fingerprint density at radius 1 is 1.33 bits per heavy atom. The summed E-state index contributed by atoms with van der Waals surface area (Å²) < 4.78 is 5.63. The number of hydrogen-bond donors (Lipinski definition) is 1. The number of aliphatic hydroxyl groups excluding tert-OH is 1. The molecule has 1 N–H and O–H groups in total. The number of β-amino-alcohol motifs (C(OH)–C–C–N with tert-alkyl or cyclic N) is 1. The van der Waals surface area contributed by atoms with Crippen LogP contribution in [0.4, 0.5) is 0 Å². The maximum Gasteiger partial charge on any atom is 0.119 e. The van der Waals surface area contributed by atoms with Crippen molar-refractivity contribution in [3.63, 3.8) is 0 Å². The Balaban J connectivity index is 1.46. The van der Waals surface area contributed by atoms with Gasteiger partial charge in [0.15, 0.2) is 0 Å². The van der Waals surface area contributed by atoms with E-state index in [0.717, 1.165) is 30.8 Å². The van der Waals surface area contributed by atoms with Crippen LogP contribution < -0.4 is 4.74 Å². The van der Waals surface area contributed by atoms with Crippen LogP contribution in [0.1, 0.15) is 16.8 Å². The lowest BCUT2D eigenvalue weighted by Crippen LogP contribution is -2.39. The van der Waals surface area contributed by atoms with Crippen LogP contribution in [0.2, 0.25) is 0 Å². The van der Waals surface area contributed by atoms with Crippen LogP contribution in [0.25, 0.3) is 0 Å². The number of nitriles is 1. The summed E-state index contributed by atoms with van der Waals surface area (Å²) in [6, 6.07) is 9.50. The Hall–Kier alpha value is -2.49. The minimum absolute atomic E-state index is 0.241. The summed E-state index contributed by atoms with van der Waals surface area (Å²) in [7, 11) is 0. The number of fused-ring (bicyclic) bond motifs is 1. The van der Waals surface area contributed by atoms with E-state index in [2.05, 4.69) is 20.9 Å². The Morgan fingerprint density at radius 2 is 2.17 bits per heavy atom. The molecule has 1 aliphatic heterocycles. The fourth-order valence-corrected chi connectivity index (χ4v) is 2.80. The van der Waals surface area contributed by atoms with Crippen LogP contribution in [-0.2, 0) is 19.4 Å². The lowest BCUT2D eigenvalue weighted by molar-refractivity contribution is 0.0632. The van der Waals surface area contributed by atoms with Crippen molar-refractivity contribution in [2.45, 2.75) is 25.5 Å². The van der Waals surface area contributed by atoms with Crippen LogP contribution in [0.3, 0.4) is 0 Å². The normalized spacial score (nSPS) is 15.3. The molecule has 124 valence electrons. The summed E-state index contributed by atoms with van der Waals surface area (Å²) in [5.41, 5.74) is 3.19.